The van der Waals surface area contributed by atoms with Gasteiger partial charge in [-0.2, -0.15) is 0 Å². The number of benzene rings is 2. The Morgan fingerprint density at radius 3 is 2.50 bits per heavy atom. The van der Waals surface area contributed by atoms with Gasteiger partial charge in [0, 0.05) is 17.5 Å². The second kappa shape index (κ2) is 12.5. The molecule has 0 unspecified atom stereocenters. The molecule has 1 N–H and O–H groups in total. The fourth-order valence-corrected chi connectivity index (χ4v) is 5.28. The third-order valence-electron chi connectivity index (χ3n) is 4.81. The third kappa shape index (κ3) is 7.17. The zero-order valence-electron chi connectivity index (χ0n) is 19.5. The van der Waals surface area contributed by atoms with Gasteiger partial charge in [-0.3, -0.25) is 13.8 Å². The number of nitrogens with one attached hydrogen (secondary N) is 1. The number of rotatable bonds is 13. The molecule has 184 valence electrons. The Morgan fingerprint density at radius 1 is 1.03 bits per heavy atom. The molecule has 8 nitrogen and oxygen atoms in total. The van der Waals surface area contributed by atoms with E-state index in [-0.39, 0.29) is 38.8 Å². The van der Waals surface area contributed by atoms with E-state index >= 15 is 0 Å². The van der Waals surface area contributed by atoms with Crippen molar-refractivity contribution in [3.05, 3.63) is 63.8 Å². The highest BCUT2D eigenvalue weighted by atomic mass is 79.9. The van der Waals surface area contributed by atoms with Crippen molar-refractivity contribution in [1.82, 2.24) is 5.09 Å². The van der Waals surface area contributed by atoms with Crippen LogP contribution in [-0.4, -0.2) is 25.8 Å². The van der Waals surface area contributed by atoms with Gasteiger partial charge in [-0.05, 0) is 72.1 Å². The predicted octanol–water partition coefficient (Wildman–Crippen LogP) is 6.15. The lowest BCUT2D eigenvalue weighted by atomic mass is 10.1. The number of hydrogen-bond donors (Lipinski definition) is 1. The number of halogens is 1. The van der Waals surface area contributed by atoms with Crippen molar-refractivity contribution in [1.29, 1.82) is 0 Å². The van der Waals surface area contributed by atoms with Gasteiger partial charge in [0.25, 0.3) is 0 Å². The van der Waals surface area contributed by atoms with E-state index < -0.39 is 7.75 Å². The lowest BCUT2D eigenvalue weighted by Gasteiger charge is -2.18. The van der Waals surface area contributed by atoms with Gasteiger partial charge in [0.1, 0.15) is 17.9 Å². The van der Waals surface area contributed by atoms with Crippen LogP contribution >= 0.6 is 23.7 Å². The molecule has 34 heavy (non-hydrogen) atoms. The summed E-state index contributed by atoms with van der Waals surface area (Å²) in [5, 5.41) is 3.83. The van der Waals surface area contributed by atoms with E-state index in [9.17, 15) is 9.36 Å². The molecule has 1 aromatic heterocycles. The average molecular weight is 554 g/mol. The number of furan rings is 1. The fourth-order valence-electron chi connectivity index (χ4n) is 3.35. The van der Waals surface area contributed by atoms with Gasteiger partial charge in [0.2, 0.25) is 0 Å². The standard InChI is InChI=1S/C24H29BrNO7P/c1-4-29-23(27)14-19-8-7-17(15-26-34(28,32-5-2)33-6-3)13-22(19)31-16-18-11-20-9-10-30-24(20)21(25)12-18/h7-13H,4-6,14-16H2,1-3H3,(H,26,28). The summed E-state index contributed by atoms with van der Waals surface area (Å²) in [6.45, 7) is 6.61. The minimum absolute atomic E-state index is 0.0811. The Bertz CT molecular complexity index is 1150. The summed E-state index contributed by atoms with van der Waals surface area (Å²) in [6, 6.07) is 11.3. The monoisotopic (exact) mass is 553 g/mol. The molecule has 0 fully saturated rings. The molecule has 10 heteroatoms. The number of carbonyl (C=O) groups is 1. The van der Waals surface area contributed by atoms with Crippen LogP contribution in [0.1, 0.15) is 37.5 Å². The first-order chi connectivity index (χ1) is 16.4. The number of fused-ring (bicyclic) bond motifs is 1. The lowest BCUT2D eigenvalue weighted by Crippen LogP contribution is -2.15. The molecule has 0 aliphatic heterocycles. The molecule has 2 aromatic carbocycles. The SMILES string of the molecule is CCOC(=O)Cc1ccc(CNP(=O)(OCC)OCC)cc1OCc1cc(Br)c2occc2c1. The molecule has 0 spiro atoms. The summed E-state index contributed by atoms with van der Waals surface area (Å²) in [7, 11) is -3.41. The van der Waals surface area contributed by atoms with E-state index in [1.54, 1.807) is 27.0 Å². The average Bonchev–Trinajstić information content (AvgIpc) is 3.27. The van der Waals surface area contributed by atoms with E-state index in [0.717, 1.165) is 26.6 Å². The van der Waals surface area contributed by atoms with Crippen LogP contribution in [0.2, 0.25) is 0 Å². The summed E-state index contributed by atoms with van der Waals surface area (Å²) in [6.07, 6.45) is 1.72. The van der Waals surface area contributed by atoms with Crippen LogP contribution in [0.3, 0.4) is 0 Å². The first-order valence-electron chi connectivity index (χ1n) is 11.1. The van der Waals surface area contributed by atoms with Crippen molar-refractivity contribution < 1.29 is 32.3 Å². The largest absolute Gasteiger partial charge is 0.489 e. The number of ether oxygens (including phenoxy) is 2. The van der Waals surface area contributed by atoms with Gasteiger partial charge in [-0.1, -0.05) is 12.1 Å². The van der Waals surface area contributed by atoms with Crippen LogP contribution in [-0.2, 0) is 42.7 Å². The molecule has 0 saturated carbocycles. The van der Waals surface area contributed by atoms with Gasteiger partial charge >= 0.3 is 13.7 Å². The Labute approximate surface area is 207 Å². The molecular formula is C24H29BrNO7P. The van der Waals surface area contributed by atoms with Gasteiger partial charge in [0.05, 0.1) is 37.0 Å². The van der Waals surface area contributed by atoms with Gasteiger partial charge < -0.3 is 13.9 Å². The highest BCUT2D eigenvalue weighted by molar-refractivity contribution is 9.10. The van der Waals surface area contributed by atoms with Crippen LogP contribution in [0.5, 0.6) is 5.75 Å². The summed E-state index contributed by atoms with van der Waals surface area (Å²) in [5.41, 5.74) is 3.20. The van der Waals surface area contributed by atoms with Crippen molar-refractivity contribution >= 4 is 40.6 Å². The number of esters is 1. The van der Waals surface area contributed by atoms with Gasteiger partial charge in [-0.25, -0.2) is 9.65 Å². The van der Waals surface area contributed by atoms with Crippen LogP contribution in [0.15, 0.2) is 51.6 Å². The van der Waals surface area contributed by atoms with Crippen molar-refractivity contribution in [3.8, 4) is 5.75 Å². The van der Waals surface area contributed by atoms with Gasteiger partial charge in [0.15, 0.2) is 0 Å². The van der Waals surface area contributed by atoms with Crippen LogP contribution in [0.4, 0.5) is 0 Å². The molecule has 3 aromatic rings. The number of carbonyl (C=O) groups excluding carboxylic acids is 1. The maximum absolute atomic E-state index is 12.7. The minimum Gasteiger partial charge on any atom is -0.489 e. The molecule has 0 radical (unpaired) electrons. The smallest absolute Gasteiger partial charge is 0.405 e. The first kappa shape index (κ1) is 26.4. The van der Waals surface area contributed by atoms with Crippen molar-refractivity contribution in [2.24, 2.45) is 0 Å². The molecule has 3 rings (SSSR count). The molecule has 0 aliphatic rings. The lowest BCUT2D eigenvalue weighted by molar-refractivity contribution is -0.142. The van der Waals surface area contributed by atoms with E-state index in [1.807, 2.05) is 36.4 Å². The van der Waals surface area contributed by atoms with Crippen LogP contribution in [0.25, 0.3) is 11.0 Å². The zero-order chi connectivity index (χ0) is 24.6. The number of hydrogen-bond acceptors (Lipinski definition) is 7. The molecule has 0 atom stereocenters. The Hall–Kier alpha value is -2.16. The molecular weight excluding hydrogens is 525 g/mol. The minimum atomic E-state index is -3.41. The van der Waals surface area contributed by atoms with Crippen LogP contribution in [0, 0.1) is 0 Å². The molecule has 0 saturated heterocycles. The zero-order valence-corrected chi connectivity index (χ0v) is 21.9. The molecule has 0 aliphatic carbocycles. The predicted molar refractivity (Wildman–Crippen MR) is 133 cm³/mol. The Balaban J connectivity index is 1.80. The van der Waals surface area contributed by atoms with E-state index in [0.29, 0.717) is 17.9 Å². The van der Waals surface area contributed by atoms with Crippen molar-refractivity contribution in [2.45, 2.75) is 40.3 Å². The maximum atomic E-state index is 12.7. The van der Waals surface area contributed by atoms with Crippen molar-refractivity contribution in [2.75, 3.05) is 19.8 Å². The van der Waals surface area contributed by atoms with Crippen LogP contribution < -0.4 is 9.82 Å². The van der Waals surface area contributed by atoms with E-state index in [4.69, 9.17) is 22.9 Å². The quantitative estimate of drug-likeness (QED) is 0.199. The molecule has 1 heterocycles. The summed E-state index contributed by atoms with van der Waals surface area (Å²) >= 11 is 3.52. The maximum Gasteiger partial charge on any atom is 0.405 e. The summed E-state index contributed by atoms with van der Waals surface area (Å²) in [4.78, 5) is 12.1. The third-order valence-corrected chi connectivity index (χ3v) is 7.14. The highest BCUT2D eigenvalue weighted by Crippen LogP contribution is 2.43. The van der Waals surface area contributed by atoms with E-state index in [2.05, 4.69) is 21.0 Å². The molecule has 0 bridgehead atoms. The topological polar surface area (TPSA) is 96.2 Å². The highest BCUT2D eigenvalue weighted by Gasteiger charge is 2.23. The first-order valence-corrected chi connectivity index (χ1v) is 13.4. The summed E-state index contributed by atoms with van der Waals surface area (Å²) < 4.78 is 40.8. The fraction of sp³-hybridized carbons (Fsp3) is 0.375. The summed E-state index contributed by atoms with van der Waals surface area (Å²) in [5.74, 6) is 0.205. The van der Waals surface area contributed by atoms with Crippen molar-refractivity contribution in [3.63, 3.8) is 0 Å². The molecule has 0 amide bonds. The Morgan fingerprint density at radius 2 is 1.79 bits per heavy atom. The van der Waals surface area contributed by atoms with Gasteiger partial charge in [-0.15, -0.1) is 0 Å². The second-order valence-electron chi connectivity index (χ2n) is 7.30. The van der Waals surface area contributed by atoms with E-state index in [1.165, 1.54) is 0 Å². The normalized spacial score (nSPS) is 11.6. The Kier molecular flexibility index (Phi) is 9.74. The second-order valence-corrected chi connectivity index (χ2v) is 9.98.